The zero-order valence-corrected chi connectivity index (χ0v) is 27.3. The highest BCUT2D eigenvalue weighted by Crippen LogP contribution is 2.41. The Hall–Kier alpha value is -4.73. The molecule has 2 nitrogen and oxygen atoms in total. The van der Waals surface area contributed by atoms with E-state index in [1.54, 1.807) is 18.3 Å². The monoisotopic (exact) mass is 608 g/mol. The fraction of sp³-hybridized carbons (Fsp3) is 0.167. The van der Waals surface area contributed by atoms with Crippen LogP contribution in [0.5, 0.6) is 0 Å². The topological polar surface area (TPSA) is 17.0 Å². The molecule has 0 bridgehead atoms. The Morgan fingerprint density at radius 1 is 0.600 bits per heavy atom. The molecule has 0 aliphatic heterocycles. The maximum Gasteiger partial charge on any atom is 0.216 e. The highest BCUT2D eigenvalue weighted by Gasteiger charge is 2.24. The number of aromatic nitrogens is 1. The van der Waals surface area contributed by atoms with E-state index < -0.39 is 21.8 Å². The molecule has 0 amide bonds. The number of nitrogens with zero attached hydrogens (tertiary/aromatic N) is 1. The number of hydrogen-bond donors (Lipinski definition) is 0. The average Bonchev–Trinajstić information content (AvgIpc) is 3.46. The second kappa shape index (κ2) is 11.0. The van der Waals surface area contributed by atoms with Gasteiger partial charge in [0.1, 0.15) is 18.2 Å². The van der Waals surface area contributed by atoms with Gasteiger partial charge in [0.15, 0.2) is 6.20 Å². The first-order valence-corrected chi connectivity index (χ1v) is 18.8. The number of para-hydroxylation sites is 1. The van der Waals surface area contributed by atoms with Crippen molar-refractivity contribution in [3.8, 4) is 44.6 Å². The Morgan fingerprint density at radius 3 is 2.07 bits per heavy atom. The third-order valence-corrected chi connectivity index (χ3v) is 10.9. The summed E-state index contributed by atoms with van der Waals surface area (Å²) < 4.78 is 59.9. The summed E-state index contributed by atoms with van der Waals surface area (Å²) in [6.45, 7) is 3.87. The average molecular weight is 609 g/mol. The summed E-state index contributed by atoms with van der Waals surface area (Å²) in [7, 11) is 0.307. The van der Waals surface area contributed by atoms with E-state index in [-0.39, 0.29) is 11.1 Å². The lowest BCUT2D eigenvalue weighted by Gasteiger charge is -2.17. The molecule has 0 saturated heterocycles. The largest absolute Gasteiger partial charge is 0.454 e. The fourth-order valence-electron chi connectivity index (χ4n) is 6.37. The van der Waals surface area contributed by atoms with Gasteiger partial charge in [-0.05, 0) is 59.6 Å². The van der Waals surface area contributed by atoms with E-state index >= 15 is 0 Å². The molecular weight excluding hydrogens is 563 g/mol. The van der Waals surface area contributed by atoms with Crippen molar-refractivity contribution in [2.45, 2.75) is 40.3 Å². The van der Waals surface area contributed by atoms with E-state index in [4.69, 9.17) is 12.6 Å². The van der Waals surface area contributed by atoms with E-state index in [1.807, 2.05) is 67.1 Å². The van der Waals surface area contributed by atoms with Crippen LogP contribution in [0.4, 0.5) is 0 Å². The number of rotatable bonds is 5. The highest BCUT2D eigenvalue weighted by atomic mass is 28.3. The Kier molecular flexibility index (Phi) is 5.56. The molecule has 0 saturated carbocycles. The molecular formula is C42H40NOSi+. The lowest BCUT2D eigenvalue weighted by molar-refractivity contribution is -0.660. The third kappa shape index (κ3) is 5.11. The first kappa shape index (κ1) is 22.7. The predicted molar refractivity (Wildman–Crippen MR) is 194 cm³/mol. The number of hydrogen-bond acceptors (Lipinski definition) is 1. The van der Waals surface area contributed by atoms with Gasteiger partial charge in [-0.25, -0.2) is 4.57 Å². The molecule has 7 aromatic rings. The normalized spacial score (nSPS) is 14.4. The van der Waals surface area contributed by atoms with Crippen molar-refractivity contribution in [3.05, 3.63) is 132 Å². The summed E-state index contributed by atoms with van der Waals surface area (Å²) >= 11 is 0. The van der Waals surface area contributed by atoms with Gasteiger partial charge in [-0.2, -0.15) is 0 Å². The van der Waals surface area contributed by atoms with Crippen molar-refractivity contribution in [2.24, 2.45) is 7.05 Å². The molecule has 5 aromatic carbocycles. The zero-order valence-electron chi connectivity index (χ0n) is 32.3. The molecule has 0 N–H and O–H groups in total. The molecule has 2 heterocycles. The zero-order chi connectivity index (χ0) is 36.5. The van der Waals surface area contributed by atoms with Gasteiger partial charge in [0, 0.05) is 36.2 Å². The fourth-order valence-corrected chi connectivity index (χ4v) is 7.53. The lowest BCUT2D eigenvalue weighted by atomic mass is 9.92. The quantitative estimate of drug-likeness (QED) is 0.140. The SMILES string of the molecule is [2H]C([2H])([2H])c1cc(-c2ccc([Si](C)(C)C)cc2)ccc1-c1cc(-c2c(C)ccc3c2oc2c(-c4ccccc4)cccc23)[n+](C)cc1C([2H])([2H])[2H]. The molecule has 7 rings (SSSR count). The van der Waals surface area contributed by atoms with Gasteiger partial charge in [-0.3, -0.25) is 0 Å². The van der Waals surface area contributed by atoms with Crippen molar-refractivity contribution in [2.75, 3.05) is 0 Å². The lowest BCUT2D eigenvalue weighted by Crippen LogP contribution is -2.37. The van der Waals surface area contributed by atoms with Crippen molar-refractivity contribution in [1.29, 1.82) is 0 Å². The summed E-state index contributed by atoms with van der Waals surface area (Å²) in [5.74, 6) is 0. The number of fused-ring (bicyclic) bond motifs is 3. The molecule has 0 unspecified atom stereocenters. The van der Waals surface area contributed by atoms with Gasteiger partial charge in [-0.1, -0.05) is 128 Å². The molecule has 0 atom stereocenters. The van der Waals surface area contributed by atoms with Gasteiger partial charge >= 0.3 is 0 Å². The Morgan fingerprint density at radius 2 is 1.33 bits per heavy atom. The van der Waals surface area contributed by atoms with Crippen molar-refractivity contribution in [3.63, 3.8) is 0 Å². The molecule has 0 aliphatic rings. The van der Waals surface area contributed by atoms with Gasteiger partial charge < -0.3 is 4.42 Å². The molecule has 0 aliphatic carbocycles. The van der Waals surface area contributed by atoms with Crippen LogP contribution in [0.3, 0.4) is 0 Å². The smallest absolute Gasteiger partial charge is 0.216 e. The third-order valence-electron chi connectivity index (χ3n) is 8.88. The van der Waals surface area contributed by atoms with Crippen LogP contribution in [-0.2, 0) is 7.05 Å². The van der Waals surface area contributed by atoms with Gasteiger partial charge in [0.2, 0.25) is 5.69 Å². The van der Waals surface area contributed by atoms with Crippen molar-refractivity contribution >= 4 is 35.2 Å². The van der Waals surface area contributed by atoms with Crippen LogP contribution in [0.25, 0.3) is 66.6 Å². The van der Waals surface area contributed by atoms with Crippen molar-refractivity contribution in [1.82, 2.24) is 0 Å². The van der Waals surface area contributed by atoms with E-state index in [2.05, 4.69) is 68.2 Å². The minimum absolute atomic E-state index is 0.0762. The van der Waals surface area contributed by atoms with E-state index in [0.29, 0.717) is 22.4 Å². The first-order valence-electron chi connectivity index (χ1n) is 18.3. The van der Waals surface area contributed by atoms with Crippen LogP contribution < -0.4 is 9.75 Å². The predicted octanol–water partition coefficient (Wildman–Crippen LogP) is 10.5. The van der Waals surface area contributed by atoms with Gasteiger partial charge in [0.25, 0.3) is 0 Å². The maximum absolute atomic E-state index is 8.60. The Labute approximate surface area is 276 Å². The highest BCUT2D eigenvalue weighted by molar-refractivity contribution is 6.88. The van der Waals surface area contributed by atoms with Crippen LogP contribution in [-0.4, -0.2) is 8.07 Å². The van der Waals surface area contributed by atoms with E-state index in [0.717, 1.165) is 49.7 Å². The van der Waals surface area contributed by atoms with Gasteiger partial charge in [0.05, 0.1) is 13.6 Å². The van der Waals surface area contributed by atoms with Crippen LogP contribution in [0.2, 0.25) is 19.6 Å². The minimum atomic E-state index is -2.51. The summed E-state index contributed by atoms with van der Waals surface area (Å²) in [4.78, 5) is 0. The first-order chi connectivity index (χ1) is 24.0. The summed E-state index contributed by atoms with van der Waals surface area (Å²) in [6, 6.07) is 35.9. The molecule has 222 valence electrons. The van der Waals surface area contributed by atoms with Crippen LogP contribution >= 0.6 is 0 Å². The summed E-state index contributed by atoms with van der Waals surface area (Å²) in [5.41, 5.74) is 8.53. The summed E-state index contributed by atoms with van der Waals surface area (Å²) in [5, 5.41) is 3.24. The number of pyridine rings is 1. The maximum atomic E-state index is 8.60. The molecule has 3 heteroatoms. The second-order valence-electron chi connectivity index (χ2n) is 13.0. The number of aryl methyl sites for hydroxylation is 4. The van der Waals surface area contributed by atoms with E-state index in [9.17, 15) is 0 Å². The number of furan rings is 1. The van der Waals surface area contributed by atoms with Crippen molar-refractivity contribution < 1.29 is 17.2 Å². The van der Waals surface area contributed by atoms with E-state index in [1.165, 1.54) is 5.19 Å². The van der Waals surface area contributed by atoms with Crippen LogP contribution in [0.1, 0.15) is 24.9 Å². The Balaban J connectivity index is 1.46. The standard InChI is InChI=1S/C42H40NOSi/c1-27-16-22-37-36-15-11-14-35(31-12-9-8-10-13-31)41(36)44-42(37)40(27)39-25-38(29(3)26-43(39)4)34-23-19-32(24-28(34)2)30-17-20-33(21-18-30)45(5,6)7/h8-26H,1-7H3/q+1/i2D3,3D3. The number of benzene rings is 5. The molecule has 0 fully saturated rings. The van der Waals surface area contributed by atoms with Crippen LogP contribution in [0.15, 0.2) is 120 Å². The van der Waals surface area contributed by atoms with Crippen LogP contribution in [0, 0.1) is 20.6 Å². The molecule has 45 heavy (non-hydrogen) atoms. The molecule has 2 aromatic heterocycles. The second-order valence-corrected chi connectivity index (χ2v) is 18.0. The molecule has 0 spiro atoms. The molecule has 0 radical (unpaired) electrons. The summed E-state index contributed by atoms with van der Waals surface area (Å²) in [6.07, 6.45) is 1.61. The van der Waals surface area contributed by atoms with Gasteiger partial charge in [-0.15, -0.1) is 0 Å². The minimum Gasteiger partial charge on any atom is -0.454 e. The Bertz CT molecular complexity index is 2440.